The molecule has 1 rings (SSSR count). The summed E-state index contributed by atoms with van der Waals surface area (Å²) in [6, 6.07) is 0. The van der Waals surface area contributed by atoms with Crippen LogP contribution in [0.2, 0.25) is 0 Å². The van der Waals surface area contributed by atoms with Gasteiger partial charge in [-0.25, -0.2) is 13.7 Å². The molecule has 0 saturated heterocycles. The average molecular weight is 1030 g/mol. The van der Waals surface area contributed by atoms with Crippen molar-refractivity contribution < 1.29 is 90.6 Å². The van der Waals surface area contributed by atoms with Gasteiger partial charge in [0.05, 0.1) is 6.61 Å². The predicted octanol–water partition coefficient (Wildman–Crippen LogP) is 9.29. The Morgan fingerprint density at radius 3 is 1.25 bits per heavy atom. The highest BCUT2D eigenvalue weighted by Crippen LogP contribution is 2.51. The molecule has 0 heterocycles. The summed E-state index contributed by atoms with van der Waals surface area (Å²) in [6.45, 7) is 2.95. The highest BCUT2D eigenvalue weighted by molar-refractivity contribution is 7.47. The third-order valence-electron chi connectivity index (χ3n) is 11.6. The Labute approximate surface area is 399 Å². The largest absolute Gasteiger partial charge is 0.472 e. The number of phosphoric ester groups is 3. The van der Waals surface area contributed by atoms with Crippen LogP contribution in [0.5, 0.6) is 0 Å². The standard InChI is InChI=1S/C45H87O19P3/c1-3-5-7-9-11-13-15-17-19-21-23-25-27-29-31-33-38(46)59-35-37(61-39(47)34-32-30-28-26-24-22-20-18-16-14-12-10-8-6-4-2)36-60-67(57,58)64-43-40(48)41(49)44(62-65(51,52)53)45(42(43)50)63-66(54,55)56/h14,16,37,40-45,48-50H,3-13,15,17-36H2,1-2H3,(H,57,58)(H2,51,52,53)(H2,54,55,56). The fourth-order valence-electron chi connectivity index (χ4n) is 7.81. The smallest absolute Gasteiger partial charge is 0.462 e. The second kappa shape index (κ2) is 37.6. The van der Waals surface area contributed by atoms with E-state index in [1.807, 2.05) is 0 Å². The number of hydrogen-bond acceptors (Lipinski definition) is 14. The number of aliphatic hydroxyl groups is 3. The van der Waals surface area contributed by atoms with Crippen LogP contribution in [-0.4, -0.2) is 108 Å². The fourth-order valence-corrected chi connectivity index (χ4v) is 9.91. The molecule has 1 aliphatic carbocycles. The molecule has 0 aromatic carbocycles. The maximum atomic E-state index is 13.1. The number of esters is 2. The van der Waals surface area contributed by atoms with Gasteiger partial charge in [-0.15, -0.1) is 0 Å². The molecule has 1 fully saturated rings. The number of hydrogen-bond donors (Lipinski definition) is 8. The summed E-state index contributed by atoms with van der Waals surface area (Å²) in [5.74, 6) is -1.29. The highest BCUT2D eigenvalue weighted by atomic mass is 31.2. The molecule has 0 bridgehead atoms. The number of unbranched alkanes of at least 4 members (excludes halogenated alkanes) is 25. The van der Waals surface area contributed by atoms with Crippen LogP contribution < -0.4 is 0 Å². The van der Waals surface area contributed by atoms with Crippen molar-refractivity contribution in [2.75, 3.05) is 13.2 Å². The average Bonchev–Trinajstić information content (AvgIpc) is 3.25. The van der Waals surface area contributed by atoms with Crippen LogP contribution in [0.1, 0.15) is 206 Å². The maximum absolute atomic E-state index is 13.1. The first-order chi connectivity index (χ1) is 31.8. The Morgan fingerprint density at radius 1 is 0.463 bits per heavy atom. The van der Waals surface area contributed by atoms with Crippen molar-refractivity contribution in [3.63, 3.8) is 0 Å². The van der Waals surface area contributed by atoms with E-state index in [9.17, 15) is 63.1 Å². The molecule has 396 valence electrons. The summed E-state index contributed by atoms with van der Waals surface area (Å²) in [5, 5.41) is 31.9. The van der Waals surface area contributed by atoms with Gasteiger partial charge in [0.1, 0.15) is 43.2 Å². The third-order valence-corrected chi connectivity index (χ3v) is 13.6. The second-order valence-electron chi connectivity index (χ2n) is 17.8. The van der Waals surface area contributed by atoms with Crippen molar-refractivity contribution in [1.82, 2.24) is 0 Å². The van der Waals surface area contributed by atoms with E-state index in [1.54, 1.807) is 0 Å². The minimum absolute atomic E-state index is 0.00291. The molecular formula is C45H87O19P3. The van der Waals surface area contributed by atoms with Gasteiger partial charge in [0, 0.05) is 12.8 Å². The van der Waals surface area contributed by atoms with Gasteiger partial charge in [-0.1, -0.05) is 167 Å². The number of rotatable bonds is 43. The van der Waals surface area contributed by atoms with E-state index in [0.717, 1.165) is 77.0 Å². The van der Waals surface area contributed by atoms with Gasteiger partial charge < -0.3 is 49.3 Å². The Kier molecular flexibility index (Phi) is 35.9. The van der Waals surface area contributed by atoms with Crippen LogP contribution >= 0.6 is 23.5 Å². The molecule has 0 aromatic rings. The minimum atomic E-state index is -5.60. The van der Waals surface area contributed by atoms with Crippen molar-refractivity contribution in [1.29, 1.82) is 0 Å². The zero-order chi connectivity index (χ0) is 50.0. The van der Waals surface area contributed by atoms with E-state index >= 15 is 0 Å². The highest BCUT2D eigenvalue weighted by Gasteiger charge is 2.56. The molecule has 8 atom stereocenters. The van der Waals surface area contributed by atoms with Crippen LogP contribution in [0.4, 0.5) is 0 Å². The van der Waals surface area contributed by atoms with E-state index < -0.39 is 91.3 Å². The molecular weight excluding hydrogens is 937 g/mol. The Hall–Kier alpha value is -1.11. The van der Waals surface area contributed by atoms with Crippen LogP contribution in [-0.2, 0) is 50.9 Å². The van der Waals surface area contributed by atoms with E-state index in [-0.39, 0.29) is 12.8 Å². The normalized spacial score (nSPS) is 21.6. The van der Waals surface area contributed by atoms with Crippen molar-refractivity contribution in [3.05, 3.63) is 12.2 Å². The van der Waals surface area contributed by atoms with Gasteiger partial charge in [0.25, 0.3) is 0 Å². The summed E-state index contributed by atoms with van der Waals surface area (Å²) in [5.41, 5.74) is 0. The van der Waals surface area contributed by atoms with E-state index in [4.69, 9.17) is 18.5 Å². The number of phosphoric acid groups is 3. The first kappa shape index (κ1) is 63.9. The fraction of sp³-hybridized carbons (Fsp3) is 0.911. The molecule has 0 amide bonds. The molecule has 0 aromatic heterocycles. The van der Waals surface area contributed by atoms with E-state index in [2.05, 4.69) is 35.0 Å². The Bertz CT molecular complexity index is 1460. The molecule has 0 spiro atoms. The Balaban J connectivity index is 2.70. The topological polar surface area (TPSA) is 303 Å². The lowest BCUT2D eigenvalue weighted by atomic mass is 9.85. The molecule has 1 aliphatic rings. The molecule has 22 heteroatoms. The van der Waals surface area contributed by atoms with Crippen LogP contribution in [0.3, 0.4) is 0 Å². The second-order valence-corrected chi connectivity index (χ2v) is 21.5. The van der Waals surface area contributed by atoms with Crippen LogP contribution in [0.15, 0.2) is 12.2 Å². The lowest BCUT2D eigenvalue weighted by Crippen LogP contribution is -2.65. The van der Waals surface area contributed by atoms with Gasteiger partial charge in [-0.2, -0.15) is 0 Å². The van der Waals surface area contributed by atoms with Gasteiger partial charge in [-0.05, 0) is 38.5 Å². The number of carbonyl (C=O) groups is 2. The molecule has 19 nitrogen and oxygen atoms in total. The minimum Gasteiger partial charge on any atom is -0.462 e. The van der Waals surface area contributed by atoms with Gasteiger partial charge in [-0.3, -0.25) is 27.7 Å². The lowest BCUT2D eigenvalue weighted by Gasteiger charge is -2.44. The monoisotopic (exact) mass is 1020 g/mol. The zero-order valence-corrected chi connectivity index (χ0v) is 42.9. The number of ether oxygens (including phenoxy) is 2. The summed E-state index contributed by atoms with van der Waals surface area (Å²) in [7, 11) is -16.6. The van der Waals surface area contributed by atoms with Gasteiger partial charge in [0.2, 0.25) is 0 Å². The number of carbonyl (C=O) groups excluding carboxylic acids is 2. The van der Waals surface area contributed by atoms with Crippen molar-refractivity contribution in [2.24, 2.45) is 0 Å². The molecule has 8 unspecified atom stereocenters. The molecule has 1 saturated carbocycles. The lowest BCUT2D eigenvalue weighted by molar-refractivity contribution is -0.213. The molecule has 0 radical (unpaired) electrons. The summed E-state index contributed by atoms with van der Waals surface area (Å²) < 4.78 is 65.5. The quantitative estimate of drug-likeness (QED) is 0.0122. The van der Waals surface area contributed by atoms with E-state index in [1.165, 1.54) is 89.9 Å². The van der Waals surface area contributed by atoms with Gasteiger partial charge in [0.15, 0.2) is 6.10 Å². The van der Waals surface area contributed by atoms with Gasteiger partial charge >= 0.3 is 35.4 Å². The summed E-state index contributed by atoms with van der Waals surface area (Å²) in [4.78, 5) is 73.3. The maximum Gasteiger partial charge on any atom is 0.472 e. The summed E-state index contributed by atoms with van der Waals surface area (Å²) in [6.07, 6.45) is 19.3. The Morgan fingerprint density at radius 2 is 0.821 bits per heavy atom. The first-order valence-corrected chi connectivity index (χ1v) is 29.5. The number of allylic oxidation sites excluding steroid dienone is 2. The molecule has 0 aliphatic heterocycles. The summed E-state index contributed by atoms with van der Waals surface area (Å²) >= 11 is 0. The van der Waals surface area contributed by atoms with E-state index in [0.29, 0.717) is 12.8 Å². The van der Waals surface area contributed by atoms with Crippen LogP contribution in [0, 0.1) is 0 Å². The third kappa shape index (κ3) is 34.0. The zero-order valence-electron chi connectivity index (χ0n) is 40.2. The molecule has 8 N–H and O–H groups in total. The van der Waals surface area contributed by atoms with Crippen molar-refractivity contribution >= 4 is 35.4 Å². The van der Waals surface area contributed by atoms with Crippen molar-refractivity contribution in [2.45, 2.75) is 249 Å². The SMILES string of the molecule is CCCCCCC=CCCCCCCCCCC(=O)OC(COC(=O)CCCCCCCCCCCCCCCCC)COP(=O)(O)OC1C(O)C(O)C(OP(=O)(O)O)C(OP(=O)(O)O)C1O. The number of aliphatic hydroxyl groups excluding tert-OH is 3. The predicted molar refractivity (Wildman–Crippen MR) is 252 cm³/mol. The van der Waals surface area contributed by atoms with Crippen molar-refractivity contribution in [3.8, 4) is 0 Å². The first-order valence-electron chi connectivity index (χ1n) is 25.0. The van der Waals surface area contributed by atoms with Crippen LogP contribution in [0.25, 0.3) is 0 Å². The molecule has 67 heavy (non-hydrogen) atoms.